The molecule has 6 heteroatoms. The SMILES string of the molecule is CCN(CC)C(=O)CN(C)Cc1nc2ccccc2c(=O)[nH]1. The third kappa shape index (κ3) is 3.71. The van der Waals surface area contributed by atoms with E-state index in [1.165, 1.54) is 0 Å². The van der Waals surface area contributed by atoms with Crippen molar-refractivity contribution in [1.29, 1.82) is 0 Å². The summed E-state index contributed by atoms with van der Waals surface area (Å²) < 4.78 is 0. The van der Waals surface area contributed by atoms with Gasteiger partial charge in [0.15, 0.2) is 0 Å². The number of aromatic amines is 1. The van der Waals surface area contributed by atoms with Gasteiger partial charge >= 0.3 is 0 Å². The van der Waals surface area contributed by atoms with E-state index in [2.05, 4.69) is 9.97 Å². The van der Waals surface area contributed by atoms with Gasteiger partial charge in [0.05, 0.1) is 24.0 Å². The van der Waals surface area contributed by atoms with Crippen LogP contribution in [0.2, 0.25) is 0 Å². The molecule has 1 aromatic heterocycles. The number of nitrogens with zero attached hydrogens (tertiary/aromatic N) is 3. The van der Waals surface area contributed by atoms with Crippen LogP contribution >= 0.6 is 0 Å². The molecule has 0 saturated heterocycles. The topological polar surface area (TPSA) is 69.3 Å². The van der Waals surface area contributed by atoms with Crippen molar-refractivity contribution >= 4 is 16.8 Å². The van der Waals surface area contributed by atoms with E-state index in [1.54, 1.807) is 11.0 Å². The van der Waals surface area contributed by atoms with Gasteiger partial charge in [-0.3, -0.25) is 14.5 Å². The molecule has 1 heterocycles. The molecule has 22 heavy (non-hydrogen) atoms. The molecule has 1 N–H and O–H groups in total. The number of hydrogen-bond acceptors (Lipinski definition) is 4. The predicted molar refractivity (Wildman–Crippen MR) is 86.6 cm³/mol. The van der Waals surface area contributed by atoms with E-state index < -0.39 is 0 Å². The minimum absolute atomic E-state index is 0.0793. The van der Waals surface area contributed by atoms with Crippen LogP contribution in [0.25, 0.3) is 10.9 Å². The van der Waals surface area contributed by atoms with Crippen LogP contribution in [0.15, 0.2) is 29.1 Å². The molecule has 0 atom stereocenters. The van der Waals surface area contributed by atoms with Crippen LogP contribution in [0.3, 0.4) is 0 Å². The zero-order valence-electron chi connectivity index (χ0n) is 13.3. The normalized spacial score (nSPS) is 11.1. The highest BCUT2D eigenvalue weighted by atomic mass is 16.2. The van der Waals surface area contributed by atoms with E-state index >= 15 is 0 Å². The van der Waals surface area contributed by atoms with Gasteiger partial charge < -0.3 is 9.88 Å². The summed E-state index contributed by atoms with van der Waals surface area (Å²) in [4.78, 5) is 35.0. The summed E-state index contributed by atoms with van der Waals surface area (Å²) in [6.07, 6.45) is 0. The van der Waals surface area contributed by atoms with Crippen molar-refractivity contribution < 1.29 is 4.79 Å². The van der Waals surface area contributed by atoms with Crippen LogP contribution in [-0.2, 0) is 11.3 Å². The molecule has 0 radical (unpaired) electrons. The number of aromatic nitrogens is 2. The number of hydrogen-bond donors (Lipinski definition) is 1. The Balaban J connectivity index is 2.10. The summed E-state index contributed by atoms with van der Waals surface area (Å²) in [5.41, 5.74) is 0.522. The number of H-pyrrole nitrogens is 1. The smallest absolute Gasteiger partial charge is 0.258 e. The van der Waals surface area contributed by atoms with Crippen LogP contribution in [0.1, 0.15) is 19.7 Å². The van der Waals surface area contributed by atoms with Crippen LogP contribution in [0.5, 0.6) is 0 Å². The molecule has 0 bridgehead atoms. The lowest BCUT2D eigenvalue weighted by Gasteiger charge is -2.22. The van der Waals surface area contributed by atoms with Gasteiger partial charge in [0, 0.05) is 13.1 Å². The predicted octanol–water partition coefficient (Wildman–Crippen LogP) is 1.22. The molecule has 0 aliphatic heterocycles. The summed E-state index contributed by atoms with van der Waals surface area (Å²) in [5.74, 6) is 0.647. The molecule has 0 aliphatic carbocycles. The molecule has 0 unspecified atom stereocenters. The maximum atomic E-state index is 12.1. The highest BCUT2D eigenvalue weighted by Crippen LogP contribution is 2.06. The van der Waals surface area contributed by atoms with E-state index in [-0.39, 0.29) is 11.5 Å². The Hall–Kier alpha value is -2.21. The van der Waals surface area contributed by atoms with E-state index in [1.807, 2.05) is 44.0 Å². The third-order valence-corrected chi connectivity index (χ3v) is 3.60. The Kier molecular flexibility index (Phi) is 5.27. The van der Waals surface area contributed by atoms with Crippen LogP contribution in [-0.4, -0.2) is 52.4 Å². The number of nitrogens with one attached hydrogen (secondary N) is 1. The molecule has 1 aromatic carbocycles. The Labute approximate surface area is 129 Å². The van der Waals surface area contributed by atoms with Crippen LogP contribution in [0.4, 0.5) is 0 Å². The lowest BCUT2D eigenvalue weighted by molar-refractivity contribution is -0.131. The zero-order valence-corrected chi connectivity index (χ0v) is 13.3. The fourth-order valence-electron chi connectivity index (χ4n) is 2.43. The van der Waals surface area contributed by atoms with Crippen molar-refractivity contribution in [3.63, 3.8) is 0 Å². The second kappa shape index (κ2) is 7.17. The first-order valence-corrected chi connectivity index (χ1v) is 7.49. The molecule has 118 valence electrons. The molecule has 0 saturated carbocycles. The highest BCUT2D eigenvalue weighted by molar-refractivity contribution is 5.78. The molecule has 2 rings (SSSR count). The van der Waals surface area contributed by atoms with E-state index in [0.29, 0.717) is 42.9 Å². The summed E-state index contributed by atoms with van der Waals surface area (Å²) in [7, 11) is 1.84. The third-order valence-electron chi connectivity index (χ3n) is 3.60. The monoisotopic (exact) mass is 302 g/mol. The number of carbonyl (C=O) groups excluding carboxylic acids is 1. The van der Waals surface area contributed by atoms with Gasteiger partial charge in [0.1, 0.15) is 5.82 Å². The molecule has 6 nitrogen and oxygen atoms in total. The van der Waals surface area contributed by atoms with Crippen LogP contribution in [0, 0.1) is 0 Å². The van der Waals surface area contributed by atoms with E-state index in [0.717, 1.165) is 0 Å². The van der Waals surface area contributed by atoms with Gasteiger partial charge in [-0.15, -0.1) is 0 Å². The fourth-order valence-corrected chi connectivity index (χ4v) is 2.43. The second-order valence-corrected chi connectivity index (χ2v) is 5.27. The minimum atomic E-state index is -0.149. The van der Waals surface area contributed by atoms with Gasteiger partial charge in [0.25, 0.3) is 5.56 Å². The van der Waals surface area contributed by atoms with Gasteiger partial charge in [-0.2, -0.15) is 0 Å². The van der Waals surface area contributed by atoms with Gasteiger partial charge in [-0.05, 0) is 33.0 Å². The number of rotatable bonds is 6. The lowest BCUT2D eigenvalue weighted by atomic mass is 10.2. The first kappa shape index (κ1) is 16.2. The van der Waals surface area contributed by atoms with Gasteiger partial charge in [-0.1, -0.05) is 12.1 Å². The van der Waals surface area contributed by atoms with E-state index in [4.69, 9.17) is 0 Å². The van der Waals surface area contributed by atoms with Crippen molar-refractivity contribution in [3.8, 4) is 0 Å². The van der Waals surface area contributed by atoms with Crippen molar-refractivity contribution in [2.24, 2.45) is 0 Å². The van der Waals surface area contributed by atoms with Crippen LogP contribution < -0.4 is 5.56 Å². The van der Waals surface area contributed by atoms with Gasteiger partial charge in [-0.25, -0.2) is 4.98 Å². The van der Waals surface area contributed by atoms with Gasteiger partial charge in [0.2, 0.25) is 5.91 Å². The number of amides is 1. The number of carbonyl (C=O) groups is 1. The largest absolute Gasteiger partial charge is 0.342 e. The quantitative estimate of drug-likeness (QED) is 0.871. The van der Waals surface area contributed by atoms with Crippen molar-refractivity contribution in [1.82, 2.24) is 19.8 Å². The summed E-state index contributed by atoms with van der Waals surface area (Å²) in [6.45, 7) is 6.06. The molecule has 1 amide bonds. The number of likely N-dealkylation sites (N-methyl/N-ethyl adjacent to an activating group) is 2. The minimum Gasteiger partial charge on any atom is -0.342 e. The highest BCUT2D eigenvalue weighted by Gasteiger charge is 2.13. The standard InChI is InChI=1S/C16H22N4O2/c1-4-20(5-2)15(21)11-19(3)10-14-17-13-9-7-6-8-12(13)16(22)18-14/h6-9H,4-5,10-11H2,1-3H3,(H,17,18,22). The summed E-state index contributed by atoms with van der Waals surface area (Å²) in [5, 5.41) is 0.577. The fraction of sp³-hybridized carbons (Fsp3) is 0.438. The number of para-hydroxylation sites is 1. The van der Waals surface area contributed by atoms with Crippen molar-refractivity contribution in [2.75, 3.05) is 26.7 Å². The van der Waals surface area contributed by atoms with Crippen molar-refractivity contribution in [2.45, 2.75) is 20.4 Å². The molecule has 0 aliphatic rings. The van der Waals surface area contributed by atoms with Crippen molar-refractivity contribution in [3.05, 3.63) is 40.4 Å². The number of fused-ring (bicyclic) bond motifs is 1. The Morgan fingerprint density at radius 2 is 1.91 bits per heavy atom. The second-order valence-electron chi connectivity index (χ2n) is 5.27. The average Bonchev–Trinajstić information content (AvgIpc) is 2.48. The lowest BCUT2D eigenvalue weighted by Crippen LogP contribution is -2.38. The Morgan fingerprint density at radius 1 is 1.23 bits per heavy atom. The summed E-state index contributed by atoms with van der Waals surface area (Å²) >= 11 is 0. The maximum absolute atomic E-state index is 12.1. The molecular weight excluding hydrogens is 280 g/mol. The first-order valence-electron chi connectivity index (χ1n) is 7.49. The molecule has 0 fully saturated rings. The zero-order chi connectivity index (χ0) is 16.1. The Bertz CT molecular complexity index is 707. The first-order chi connectivity index (χ1) is 10.5. The maximum Gasteiger partial charge on any atom is 0.258 e. The van der Waals surface area contributed by atoms with E-state index in [9.17, 15) is 9.59 Å². The molecule has 0 spiro atoms. The summed E-state index contributed by atoms with van der Waals surface area (Å²) in [6, 6.07) is 7.23. The molecular formula is C16H22N4O2. The molecule has 2 aromatic rings. The Morgan fingerprint density at radius 3 is 2.59 bits per heavy atom. The average molecular weight is 302 g/mol. The number of benzene rings is 1.